The number of hydrogen-bond acceptors (Lipinski definition) is 4. The predicted octanol–water partition coefficient (Wildman–Crippen LogP) is 4.86. The summed E-state index contributed by atoms with van der Waals surface area (Å²) in [6, 6.07) is 21.0. The second-order valence-electron chi connectivity index (χ2n) is 6.48. The minimum Gasteiger partial charge on any atom is -0.259 e. The van der Waals surface area contributed by atoms with Gasteiger partial charge in [-0.15, -0.1) is 0 Å². The molecule has 0 aliphatic carbocycles. The third-order valence-corrected chi connectivity index (χ3v) is 6.40. The van der Waals surface area contributed by atoms with Crippen molar-refractivity contribution >= 4 is 21.4 Å². The van der Waals surface area contributed by atoms with Crippen molar-refractivity contribution in [1.82, 2.24) is 0 Å². The summed E-state index contributed by atoms with van der Waals surface area (Å²) in [5, 5.41) is 11.1. The summed E-state index contributed by atoms with van der Waals surface area (Å²) in [5.41, 5.74) is 2.05. The Morgan fingerprint density at radius 1 is 0.929 bits per heavy atom. The van der Waals surface area contributed by atoms with Gasteiger partial charge in [0.2, 0.25) is 0 Å². The average Bonchev–Trinajstić information content (AvgIpc) is 2.70. The lowest BCUT2D eigenvalue weighted by Gasteiger charge is -2.31. The number of anilines is 1. The molecule has 0 saturated carbocycles. The fourth-order valence-corrected chi connectivity index (χ4v) is 4.68. The van der Waals surface area contributed by atoms with E-state index < -0.39 is 21.0 Å². The van der Waals surface area contributed by atoms with Crippen molar-refractivity contribution in [3.63, 3.8) is 0 Å². The zero-order valence-electron chi connectivity index (χ0n) is 15.5. The Bertz CT molecular complexity index is 1080. The average molecular weight is 396 g/mol. The number of non-ortho nitro benzene ring substituents is 1. The topological polar surface area (TPSA) is 80.5 Å². The van der Waals surface area contributed by atoms with Gasteiger partial charge in [0.15, 0.2) is 0 Å². The van der Waals surface area contributed by atoms with Crippen LogP contribution >= 0.6 is 0 Å². The Hall–Kier alpha value is -3.19. The van der Waals surface area contributed by atoms with Crippen molar-refractivity contribution < 1.29 is 13.3 Å². The number of hydrogen-bond donors (Lipinski definition) is 0. The highest BCUT2D eigenvalue weighted by Crippen LogP contribution is 2.34. The van der Waals surface area contributed by atoms with Crippen molar-refractivity contribution in [1.29, 1.82) is 0 Å². The fraction of sp³-hybridized carbons (Fsp3) is 0.143. The van der Waals surface area contributed by atoms with Crippen LogP contribution in [0.3, 0.4) is 0 Å². The quantitative estimate of drug-likeness (QED) is 0.440. The van der Waals surface area contributed by atoms with Crippen LogP contribution in [0.2, 0.25) is 0 Å². The fourth-order valence-electron chi connectivity index (χ4n) is 3.00. The number of sulfonamides is 1. The third kappa shape index (κ3) is 3.89. The molecule has 6 nitrogen and oxygen atoms in total. The molecule has 0 heterocycles. The molecule has 0 radical (unpaired) electrons. The second-order valence-corrected chi connectivity index (χ2v) is 8.29. The Kier molecular flexibility index (Phi) is 5.46. The van der Waals surface area contributed by atoms with E-state index in [0.29, 0.717) is 5.69 Å². The first-order valence-corrected chi connectivity index (χ1v) is 10.2. The van der Waals surface area contributed by atoms with Crippen LogP contribution in [0.15, 0.2) is 83.8 Å². The van der Waals surface area contributed by atoms with Crippen molar-refractivity contribution in [2.24, 2.45) is 0 Å². The molecule has 3 aromatic carbocycles. The van der Waals surface area contributed by atoms with Crippen molar-refractivity contribution in [2.45, 2.75) is 24.8 Å². The monoisotopic (exact) mass is 396 g/mol. The van der Waals surface area contributed by atoms with E-state index in [1.165, 1.54) is 22.5 Å². The first-order valence-electron chi connectivity index (χ1n) is 8.71. The molecule has 3 aromatic rings. The van der Waals surface area contributed by atoms with Gasteiger partial charge in [-0.1, -0.05) is 54.1 Å². The van der Waals surface area contributed by atoms with Crippen LogP contribution in [-0.2, 0) is 10.0 Å². The lowest BCUT2D eigenvalue weighted by atomic mass is 10.1. The summed E-state index contributed by atoms with van der Waals surface area (Å²) in [5.74, 6) is 0. The summed E-state index contributed by atoms with van der Waals surface area (Å²) in [4.78, 5) is 10.4. The van der Waals surface area contributed by atoms with Crippen LogP contribution in [0, 0.1) is 17.0 Å². The third-order valence-electron chi connectivity index (χ3n) is 4.51. The number of nitro benzene ring substituents is 1. The van der Waals surface area contributed by atoms with Gasteiger partial charge in [0, 0.05) is 12.1 Å². The number of benzene rings is 3. The van der Waals surface area contributed by atoms with Crippen LogP contribution in [0.4, 0.5) is 11.4 Å². The number of nitro groups is 1. The Balaban J connectivity index is 2.16. The molecule has 28 heavy (non-hydrogen) atoms. The molecule has 0 fully saturated rings. The lowest BCUT2D eigenvalue weighted by Crippen LogP contribution is -2.33. The summed E-state index contributed by atoms with van der Waals surface area (Å²) < 4.78 is 28.3. The van der Waals surface area contributed by atoms with Gasteiger partial charge in [-0.05, 0) is 37.6 Å². The molecule has 0 aromatic heterocycles. The molecule has 7 heteroatoms. The van der Waals surface area contributed by atoms with E-state index in [9.17, 15) is 18.5 Å². The lowest BCUT2D eigenvalue weighted by molar-refractivity contribution is -0.385. The van der Waals surface area contributed by atoms with Gasteiger partial charge >= 0.3 is 0 Å². The Morgan fingerprint density at radius 3 is 2.18 bits per heavy atom. The summed E-state index contributed by atoms with van der Waals surface area (Å²) in [7, 11) is -4.04. The Morgan fingerprint density at radius 2 is 1.57 bits per heavy atom. The first kappa shape index (κ1) is 19.6. The molecule has 0 spiro atoms. The van der Waals surface area contributed by atoms with Crippen LogP contribution in [0.25, 0.3) is 0 Å². The van der Waals surface area contributed by atoms with Crippen molar-refractivity contribution in [3.05, 3.63) is 100 Å². The molecule has 0 saturated heterocycles. The van der Waals surface area contributed by atoms with Gasteiger partial charge in [0.25, 0.3) is 15.7 Å². The predicted molar refractivity (Wildman–Crippen MR) is 109 cm³/mol. The molecular weight excluding hydrogens is 376 g/mol. The molecule has 0 amide bonds. The highest BCUT2D eigenvalue weighted by Gasteiger charge is 2.31. The molecule has 0 unspecified atom stereocenters. The van der Waals surface area contributed by atoms with Gasteiger partial charge in [0.1, 0.15) is 0 Å². The zero-order valence-corrected chi connectivity index (χ0v) is 16.3. The van der Waals surface area contributed by atoms with Crippen LogP contribution in [0.5, 0.6) is 0 Å². The minimum atomic E-state index is -4.04. The van der Waals surface area contributed by atoms with Gasteiger partial charge in [-0.3, -0.25) is 14.4 Å². The van der Waals surface area contributed by atoms with Crippen LogP contribution in [-0.4, -0.2) is 13.3 Å². The van der Waals surface area contributed by atoms with Gasteiger partial charge in [0.05, 0.1) is 21.5 Å². The summed E-state index contributed by atoms with van der Waals surface area (Å²) in [6.07, 6.45) is 0. The summed E-state index contributed by atoms with van der Waals surface area (Å²) >= 11 is 0. The molecular formula is C21H20N2O4S. The highest BCUT2D eigenvalue weighted by atomic mass is 32.2. The zero-order chi connectivity index (χ0) is 20.3. The highest BCUT2D eigenvalue weighted by molar-refractivity contribution is 7.92. The molecule has 1 atom stereocenters. The van der Waals surface area contributed by atoms with E-state index in [0.717, 1.165) is 17.2 Å². The second kappa shape index (κ2) is 7.82. The molecule has 0 aliphatic rings. The van der Waals surface area contributed by atoms with E-state index in [1.807, 2.05) is 49.4 Å². The normalized spacial score (nSPS) is 12.4. The maximum absolute atomic E-state index is 13.5. The number of nitrogens with zero attached hydrogens (tertiary/aromatic N) is 2. The molecule has 0 aliphatic heterocycles. The van der Waals surface area contributed by atoms with Gasteiger partial charge in [-0.2, -0.15) is 0 Å². The van der Waals surface area contributed by atoms with E-state index in [-0.39, 0.29) is 10.6 Å². The SMILES string of the molecule is Cc1ccc(N([C@H](C)c2ccccc2)S(=O)(=O)c2cccc([N+](=O)[O-])c2)cc1. The molecule has 0 bridgehead atoms. The maximum Gasteiger partial charge on any atom is 0.270 e. The minimum absolute atomic E-state index is 0.120. The van der Waals surface area contributed by atoms with Crippen molar-refractivity contribution in [3.8, 4) is 0 Å². The molecule has 0 N–H and O–H groups in total. The van der Waals surface area contributed by atoms with Crippen LogP contribution in [0.1, 0.15) is 24.1 Å². The standard InChI is InChI=1S/C21H20N2O4S/c1-16-11-13-19(14-12-16)22(17(2)18-7-4-3-5-8-18)28(26,27)21-10-6-9-20(15-21)23(24)25/h3-15,17H,1-2H3/t17-/m1/s1. The van der Waals surface area contributed by atoms with E-state index in [2.05, 4.69) is 0 Å². The van der Waals surface area contributed by atoms with Gasteiger partial charge < -0.3 is 0 Å². The first-order chi connectivity index (χ1) is 13.3. The smallest absolute Gasteiger partial charge is 0.259 e. The largest absolute Gasteiger partial charge is 0.270 e. The molecule has 144 valence electrons. The van der Waals surface area contributed by atoms with Gasteiger partial charge in [-0.25, -0.2) is 8.42 Å². The van der Waals surface area contributed by atoms with E-state index in [1.54, 1.807) is 19.1 Å². The number of aryl methyl sites for hydroxylation is 1. The summed E-state index contributed by atoms with van der Waals surface area (Å²) in [6.45, 7) is 3.72. The maximum atomic E-state index is 13.5. The molecule has 3 rings (SSSR count). The van der Waals surface area contributed by atoms with Crippen LogP contribution < -0.4 is 4.31 Å². The van der Waals surface area contributed by atoms with Crippen molar-refractivity contribution in [2.75, 3.05) is 4.31 Å². The number of rotatable bonds is 6. The van der Waals surface area contributed by atoms with E-state index in [4.69, 9.17) is 0 Å². The van der Waals surface area contributed by atoms with E-state index >= 15 is 0 Å². The Labute approximate surface area is 164 Å².